The van der Waals surface area contributed by atoms with Gasteiger partial charge >= 0.3 is 5.97 Å². The van der Waals surface area contributed by atoms with Gasteiger partial charge in [0.05, 0.1) is 17.7 Å². The Hall–Kier alpha value is -3.79. The predicted octanol–water partition coefficient (Wildman–Crippen LogP) is 4.22. The molecule has 10 heteroatoms. The van der Waals surface area contributed by atoms with Crippen molar-refractivity contribution in [3.63, 3.8) is 0 Å². The fourth-order valence-electron chi connectivity index (χ4n) is 2.71. The van der Waals surface area contributed by atoms with E-state index in [1.807, 2.05) is 6.92 Å². The Morgan fingerprint density at radius 2 is 2.00 bits per heavy atom. The van der Waals surface area contributed by atoms with Crippen LogP contribution in [0.4, 0.5) is 10.8 Å². The van der Waals surface area contributed by atoms with Crippen molar-refractivity contribution in [1.29, 1.82) is 0 Å². The van der Waals surface area contributed by atoms with Crippen LogP contribution in [0, 0.1) is 17.0 Å². The van der Waals surface area contributed by atoms with Crippen molar-refractivity contribution in [2.75, 3.05) is 12.4 Å². The van der Waals surface area contributed by atoms with Crippen LogP contribution in [0.15, 0.2) is 47.8 Å². The summed E-state index contributed by atoms with van der Waals surface area (Å²) in [4.78, 5) is 39.7. The number of aromatic nitrogens is 1. The number of benzene rings is 2. The molecule has 3 aromatic rings. The maximum absolute atomic E-state index is 12.5. The largest absolute Gasteiger partial charge is 0.496 e. The first-order valence-electron chi connectivity index (χ1n) is 9.15. The van der Waals surface area contributed by atoms with Gasteiger partial charge in [0.1, 0.15) is 11.3 Å². The van der Waals surface area contributed by atoms with E-state index < -0.39 is 22.9 Å². The highest BCUT2D eigenvalue weighted by Crippen LogP contribution is 2.28. The third-order valence-corrected chi connectivity index (χ3v) is 5.07. The highest BCUT2D eigenvalue weighted by Gasteiger charge is 2.22. The zero-order chi connectivity index (χ0) is 22.5. The first-order valence-corrected chi connectivity index (χ1v) is 10.0. The summed E-state index contributed by atoms with van der Waals surface area (Å²) in [6.45, 7) is 3.28. The number of anilines is 1. The number of thiazole rings is 1. The van der Waals surface area contributed by atoms with E-state index in [0.717, 1.165) is 16.9 Å². The molecular formula is C21H19N3O6S. The molecule has 0 aliphatic carbocycles. The molecule has 1 heterocycles. The number of hydrogen-bond acceptors (Lipinski definition) is 8. The van der Waals surface area contributed by atoms with Gasteiger partial charge in [0.25, 0.3) is 11.6 Å². The van der Waals surface area contributed by atoms with Crippen molar-refractivity contribution in [1.82, 2.24) is 4.98 Å². The van der Waals surface area contributed by atoms with Gasteiger partial charge in [-0.25, -0.2) is 9.78 Å². The molecule has 0 saturated heterocycles. The maximum atomic E-state index is 12.5. The van der Waals surface area contributed by atoms with Gasteiger partial charge < -0.3 is 9.47 Å². The summed E-state index contributed by atoms with van der Waals surface area (Å²) in [6.07, 6.45) is -1.08. The molecule has 1 atom stereocenters. The Bertz CT molecular complexity index is 1140. The summed E-state index contributed by atoms with van der Waals surface area (Å²) in [5, 5.41) is 15.5. The summed E-state index contributed by atoms with van der Waals surface area (Å²) >= 11 is 1.15. The number of hydrogen-bond donors (Lipinski definition) is 1. The summed E-state index contributed by atoms with van der Waals surface area (Å²) in [6, 6.07) is 11.1. The number of carbonyl (C=O) groups is 2. The lowest BCUT2D eigenvalue weighted by Crippen LogP contribution is -2.30. The first kappa shape index (κ1) is 21.9. The van der Waals surface area contributed by atoms with Crippen molar-refractivity contribution in [2.24, 2.45) is 0 Å². The Labute approximate surface area is 181 Å². The number of esters is 1. The quantitative estimate of drug-likeness (QED) is 0.331. The molecule has 1 N–H and O–H groups in total. The fourth-order valence-corrected chi connectivity index (χ4v) is 3.43. The standard InChI is InChI=1S/C21H19N3O6S/c1-12-7-8-18(29-3)16(9-12)20(26)30-13(2)19(25)23-21-22-17(11-31-21)14-5-4-6-15(10-14)24(27)28/h4-11,13H,1-3H3,(H,22,23,25). The summed E-state index contributed by atoms with van der Waals surface area (Å²) in [5.74, 6) is -0.885. The molecule has 0 fully saturated rings. The van der Waals surface area contributed by atoms with Gasteiger partial charge in [-0.05, 0) is 26.0 Å². The normalized spacial score (nSPS) is 11.5. The van der Waals surface area contributed by atoms with Gasteiger partial charge in [0, 0.05) is 23.1 Å². The van der Waals surface area contributed by atoms with Crippen LogP contribution in [0.2, 0.25) is 0 Å². The molecule has 160 valence electrons. The van der Waals surface area contributed by atoms with Crippen LogP contribution in [0.25, 0.3) is 11.3 Å². The lowest BCUT2D eigenvalue weighted by atomic mass is 10.1. The van der Waals surface area contributed by atoms with E-state index in [9.17, 15) is 19.7 Å². The monoisotopic (exact) mass is 441 g/mol. The molecule has 0 saturated carbocycles. The minimum absolute atomic E-state index is 0.0526. The topological polar surface area (TPSA) is 121 Å². The highest BCUT2D eigenvalue weighted by atomic mass is 32.1. The Morgan fingerprint density at radius 3 is 2.71 bits per heavy atom. The number of aryl methyl sites for hydroxylation is 1. The van der Waals surface area contributed by atoms with Crippen LogP contribution in [-0.2, 0) is 9.53 Å². The minimum Gasteiger partial charge on any atom is -0.496 e. The molecule has 1 unspecified atom stereocenters. The number of carbonyl (C=O) groups excluding carboxylic acids is 2. The van der Waals surface area contributed by atoms with E-state index in [0.29, 0.717) is 17.0 Å². The van der Waals surface area contributed by atoms with E-state index in [-0.39, 0.29) is 16.4 Å². The van der Waals surface area contributed by atoms with E-state index in [1.165, 1.54) is 26.2 Å². The number of amides is 1. The van der Waals surface area contributed by atoms with Gasteiger partial charge in [0.2, 0.25) is 0 Å². The molecule has 3 rings (SSSR count). The third-order valence-electron chi connectivity index (χ3n) is 4.31. The van der Waals surface area contributed by atoms with E-state index >= 15 is 0 Å². The minimum atomic E-state index is -1.08. The van der Waals surface area contributed by atoms with Gasteiger partial charge in [-0.3, -0.25) is 20.2 Å². The second kappa shape index (κ2) is 9.35. The lowest BCUT2D eigenvalue weighted by molar-refractivity contribution is -0.384. The molecule has 0 spiro atoms. The Morgan fingerprint density at radius 1 is 1.23 bits per heavy atom. The van der Waals surface area contributed by atoms with Crippen molar-refractivity contribution in [3.05, 3.63) is 69.1 Å². The Kier molecular flexibility index (Phi) is 6.61. The molecule has 0 aliphatic heterocycles. The van der Waals surface area contributed by atoms with Crippen molar-refractivity contribution in [3.8, 4) is 17.0 Å². The average Bonchev–Trinajstić information content (AvgIpc) is 3.22. The Balaban J connectivity index is 1.67. The molecule has 0 bridgehead atoms. The highest BCUT2D eigenvalue weighted by molar-refractivity contribution is 7.14. The number of nitro benzene ring substituents is 1. The second-order valence-electron chi connectivity index (χ2n) is 6.59. The first-order chi connectivity index (χ1) is 14.8. The van der Waals surface area contributed by atoms with Crippen LogP contribution in [-0.4, -0.2) is 35.0 Å². The molecule has 0 aliphatic rings. The number of nitro groups is 1. The SMILES string of the molecule is COc1ccc(C)cc1C(=O)OC(C)C(=O)Nc1nc(-c2cccc([N+](=O)[O-])c2)cs1. The zero-order valence-electron chi connectivity index (χ0n) is 16.9. The van der Waals surface area contributed by atoms with E-state index in [1.54, 1.807) is 35.7 Å². The van der Waals surface area contributed by atoms with Crippen LogP contribution in [0.3, 0.4) is 0 Å². The zero-order valence-corrected chi connectivity index (χ0v) is 17.8. The fraction of sp³-hybridized carbons (Fsp3) is 0.190. The van der Waals surface area contributed by atoms with Crippen LogP contribution >= 0.6 is 11.3 Å². The average molecular weight is 441 g/mol. The van der Waals surface area contributed by atoms with Crippen molar-refractivity contribution < 1.29 is 24.0 Å². The molecule has 2 aromatic carbocycles. The number of nitrogens with zero attached hydrogens (tertiary/aromatic N) is 2. The second-order valence-corrected chi connectivity index (χ2v) is 7.44. The summed E-state index contributed by atoms with van der Waals surface area (Å²) in [5.41, 5.74) is 2.06. The molecule has 9 nitrogen and oxygen atoms in total. The van der Waals surface area contributed by atoms with Gasteiger partial charge in [-0.1, -0.05) is 23.8 Å². The van der Waals surface area contributed by atoms with Gasteiger partial charge in [-0.15, -0.1) is 11.3 Å². The third kappa shape index (κ3) is 5.23. The molecule has 1 aromatic heterocycles. The number of nitrogens with one attached hydrogen (secondary N) is 1. The van der Waals surface area contributed by atoms with Crippen molar-refractivity contribution >= 4 is 34.0 Å². The van der Waals surface area contributed by atoms with Crippen LogP contribution in [0.5, 0.6) is 5.75 Å². The lowest BCUT2D eigenvalue weighted by Gasteiger charge is -2.14. The van der Waals surface area contributed by atoms with Gasteiger partial charge in [-0.2, -0.15) is 0 Å². The molecular weight excluding hydrogens is 422 g/mol. The van der Waals surface area contributed by atoms with Crippen LogP contribution in [0.1, 0.15) is 22.8 Å². The van der Waals surface area contributed by atoms with Crippen LogP contribution < -0.4 is 10.1 Å². The maximum Gasteiger partial charge on any atom is 0.342 e. The smallest absolute Gasteiger partial charge is 0.342 e. The number of non-ortho nitro benzene ring substituents is 1. The van der Waals surface area contributed by atoms with Crippen molar-refractivity contribution in [2.45, 2.75) is 20.0 Å². The number of ether oxygens (including phenoxy) is 2. The van der Waals surface area contributed by atoms with Gasteiger partial charge in [0.15, 0.2) is 11.2 Å². The number of methoxy groups -OCH3 is 1. The summed E-state index contributed by atoms with van der Waals surface area (Å²) < 4.78 is 10.4. The van der Waals surface area contributed by atoms with E-state index in [4.69, 9.17) is 9.47 Å². The molecule has 0 radical (unpaired) electrons. The molecule has 31 heavy (non-hydrogen) atoms. The summed E-state index contributed by atoms with van der Waals surface area (Å²) in [7, 11) is 1.44. The van der Waals surface area contributed by atoms with E-state index in [2.05, 4.69) is 10.3 Å². The molecule has 1 amide bonds. The number of rotatable bonds is 7. The predicted molar refractivity (Wildman–Crippen MR) is 115 cm³/mol.